The van der Waals surface area contributed by atoms with Gasteiger partial charge in [0, 0.05) is 25.5 Å². The lowest BCUT2D eigenvalue weighted by Gasteiger charge is -2.30. The minimum absolute atomic E-state index is 0.00517. The lowest BCUT2D eigenvalue weighted by Crippen LogP contribution is -2.41. The van der Waals surface area contributed by atoms with E-state index in [2.05, 4.69) is 17.2 Å². The second-order valence-corrected chi connectivity index (χ2v) is 4.64. The van der Waals surface area contributed by atoms with Crippen LogP contribution in [-0.4, -0.2) is 23.6 Å². The number of amides is 1. The molecule has 2 heterocycles. The van der Waals surface area contributed by atoms with Gasteiger partial charge in [0.05, 0.1) is 12.0 Å². The highest BCUT2D eigenvalue weighted by atomic mass is 16.5. The topological polar surface area (TPSA) is 51.2 Å². The van der Waals surface area contributed by atoms with Crippen molar-refractivity contribution < 1.29 is 9.53 Å². The molecule has 1 fully saturated rings. The van der Waals surface area contributed by atoms with Crippen LogP contribution in [0.5, 0.6) is 0 Å². The molecule has 0 aliphatic carbocycles. The smallest absolute Gasteiger partial charge is 0.225 e. The van der Waals surface area contributed by atoms with E-state index in [0.717, 1.165) is 31.4 Å². The van der Waals surface area contributed by atoms with Gasteiger partial charge in [-0.1, -0.05) is 6.92 Å². The van der Waals surface area contributed by atoms with Gasteiger partial charge in [0.1, 0.15) is 0 Å². The van der Waals surface area contributed by atoms with Crippen LogP contribution in [-0.2, 0) is 16.1 Å². The van der Waals surface area contributed by atoms with Gasteiger partial charge in [-0.15, -0.1) is 0 Å². The predicted octanol–water partition coefficient (Wildman–Crippen LogP) is 1.90. The molecule has 1 aromatic rings. The number of nitrogens with one attached hydrogen (secondary N) is 1. The molecule has 1 aliphatic heterocycles. The van der Waals surface area contributed by atoms with Crippen LogP contribution < -0.4 is 5.32 Å². The highest BCUT2D eigenvalue weighted by Crippen LogP contribution is 2.23. The van der Waals surface area contributed by atoms with Crippen LogP contribution in [0.4, 0.5) is 0 Å². The summed E-state index contributed by atoms with van der Waals surface area (Å²) >= 11 is 0. The van der Waals surface area contributed by atoms with Crippen LogP contribution in [0.15, 0.2) is 24.5 Å². The number of rotatable bonds is 4. The third kappa shape index (κ3) is 3.29. The fraction of sp³-hybridized carbons (Fsp3) is 0.571. The Labute approximate surface area is 108 Å². The normalized spacial score (nSPS) is 23.6. The molecule has 4 nitrogen and oxygen atoms in total. The van der Waals surface area contributed by atoms with Crippen LogP contribution in [0.3, 0.4) is 0 Å². The fourth-order valence-corrected chi connectivity index (χ4v) is 2.36. The molecule has 1 aromatic heterocycles. The summed E-state index contributed by atoms with van der Waals surface area (Å²) < 4.78 is 5.64. The first kappa shape index (κ1) is 13.0. The maximum absolute atomic E-state index is 12.1. The quantitative estimate of drug-likeness (QED) is 0.885. The second kappa shape index (κ2) is 6.50. The van der Waals surface area contributed by atoms with Crippen molar-refractivity contribution in [1.29, 1.82) is 0 Å². The van der Waals surface area contributed by atoms with E-state index < -0.39 is 0 Å². The van der Waals surface area contributed by atoms with Crippen molar-refractivity contribution in [3.05, 3.63) is 30.1 Å². The largest absolute Gasteiger partial charge is 0.377 e. The molecule has 0 saturated carbocycles. The summed E-state index contributed by atoms with van der Waals surface area (Å²) in [4.78, 5) is 16.1. The van der Waals surface area contributed by atoms with Gasteiger partial charge in [-0.05, 0) is 37.0 Å². The number of carbonyl (C=O) groups excluding carboxylic acids is 1. The molecule has 0 unspecified atom stereocenters. The first-order chi connectivity index (χ1) is 8.81. The molecule has 1 aliphatic rings. The van der Waals surface area contributed by atoms with Crippen molar-refractivity contribution >= 4 is 5.91 Å². The van der Waals surface area contributed by atoms with Gasteiger partial charge in [0.2, 0.25) is 5.91 Å². The Kier molecular flexibility index (Phi) is 4.70. The van der Waals surface area contributed by atoms with Gasteiger partial charge >= 0.3 is 0 Å². The standard InChI is InChI=1S/C14H20N2O2/c1-2-13-12(4-3-9-18-13)14(17)16-10-11-5-7-15-8-6-11/h5-8,12-13H,2-4,9-10H2,1H3,(H,16,17)/t12-,13-/m1/s1. The van der Waals surface area contributed by atoms with E-state index >= 15 is 0 Å². The van der Waals surface area contributed by atoms with Crippen LogP contribution in [0, 0.1) is 5.92 Å². The number of aromatic nitrogens is 1. The van der Waals surface area contributed by atoms with Crippen molar-refractivity contribution in [3.8, 4) is 0 Å². The molecule has 4 heteroatoms. The third-order valence-electron chi connectivity index (χ3n) is 3.40. The second-order valence-electron chi connectivity index (χ2n) is 4.64. The summed E-state index contributed by atoms with van der Waals surface area (Å²) in [6.07, 6.45) is 6.36. The Morgan fingerprint density at radius 2 is 2.28 bits per heavy atom. The van der Waals surface area contributed by atoms with Crippen molar-refractivity contribution in [1.82, 2.24) is 10.3 Å². The van der Waals surface area contributed by atoms with Gasteiger partial charge in [-0.3, -0.25) is 9.78 Å². The monoisotopic (exact) mass is 248 g/mol. The Bertz CT molecular complexity index is 381. The zero-order chi connectivity index (χ0) is 12.8. The molecule has 98 valence electrons. The molecule has 0 bridgehead atoms. The van der Waals surface area contributed by atoms with E-state index in [1.807, 2.05) is 12.1 Å². The van der Waals surface area contributed by atoms with Gasteiger partial charge < -0.3 is 10.1 Å². The summed E-state index contributed by atoms with van der Waals surface area (Å²) in [7, 11) is 0. The molecule has 1 saturated heterocycles. The lowest BCUT2D eigenvalue weighted by molar-refractivity contribution is -0.134. The molecule has 0 radical (unpaired) electrons. The van der Waals surface area contributed by atoms with E-state index in [4.69, 9.17) is 4.74 Å². The van der Waals surface area contributed by atoms with Crippen LogP contribution >= 0.6 is 0 Å². The van der Waals surface area contributed by atoms with Crippen LogP contribution in [0.25, 0.3) is 0 Å². The van der Waals surface area contributed by atoms with Gasteiger partial charge in [-0.25, -0.2) is 0 Å². The van der Waals surface area contributed by atoms with E-state index in [-0.39, 0.29) is 17.9 Å². The zero-order valence-corrected chi connectivity index (χ0v) is 10.8. The number of carbonyl (C=O) groups is 1. The Balaban J connectivity index is 1.87. The molecule has 2 rings (SSSR count). The number of hydrogen-bond acceptors (Lipinski definition) is 3. The predicted molar refractivity (Wildman–Crippen MR) is 68.8 cm³/mol. The Morgan fingerprint density at radius 3 is 3.00 bits per heavy atom. The maximum Gasteiger partial charge on any atom is 0.225 e. The Hall–Kier alpha value is -1.42. The lowest BCUT2D eigenvalue weighted by atomic mass is 9.92. The SMILES string of the molecule is CC[C@H]1OCCC[C@H]1C(=O)NCc1ccncc1. The number of hydrogen-bond donors (Lipinski definition) is 1. The van der Waals surface area contributed by atoms with Gasteiger partial charge in [-0.2, -0.15) is 0 Å². The summed E-state index contributed by atoms with van der Waals surface area (Å²) in [6.45, 7) is 3.42. The molecular weight excluding hydrogens is 228 g/mol. The van der Waals surface area contributed by atoms with Crippen LogP contribution in [0.1, 0.15) is 31.7 Å². The average Bonchev–Trinajstić information content (AvgIpc) is 2.45. The first-order valence-corrected chi connectivity index (χ1v) is 6.59. The number of nitrogens with zero attached hydrogens (tertiary/aromatic N) is 1. The minimum Gasteiger partial charge on any atom is -0.377 e. The van der Waals surface area contributed by atoms with E-state index in [1.54, 1.807) is 12.4 Å². The molecule has 2 atom stereocenters. The number of pyridine rings is 1. The van der Waals surface area contributed by atoms with E-state index in [9.17, 15) is 4.79 Å². The summed E-state index contributed by atoms with van der Waals surface area (Å²) in [6, 6.07) is 3.82. The third-order valence-corrected chi connectivity index (χ3v) is 3.40. The summed E-state index contributed by atoms with van der Waals surface area (Å²) in [5.74, 6) is 0.115. The van der Waals surface area contributed by atoms with Crippen molar-refractivity contribution in [2.24, 2.45) is 5.92 Å². The summed E-state index contributed by atoms with van der Waals surface area (Å²) in [5, 5.41) is 2.99. The first-order valence-electron chi connectivity index (χ1n) is 6.59. The molecular formula is C14H20N2O2. The maximum atomic E-state index is 12.1. The van der Waals surface area contributed by atoms with E-state index in [1.165, 1.54) is 0 Å². The Morgan fingerprint density at radius 1 is 1.50 bits per heavy atom. The highest BCUT2D eigenvalue weighted by molar-refractivity contribution is 5.79. The number of ether oxygens (including phenoxy) is 1. The van der Waals surface area contributed by atoms with E-state index in [0.29, 0.717) is 6.54 Å². The zero-order valence-electron chi connectivity index (χ0n) is 10.8. The van der Waals surface area contributed by atoms with Crippen molar-refractivity contribution in [2.75, 3.05) is 6.61 Å². The minimum atomic E-state index is 0.00517. The van der Waals surface area contributed by atoms with Crippen molar-refractivity contribution in [3.63, 3.8) is 0 Å². The molecule has 18 heavy (non-hydrogen) atoms. The molecule has 0 aromatic carbocycles. The summed E-state index contributed by atoms with van der Waals surface area (Å²) in [5.41, 5.74) is 1.07. The van der Waals surface area contributed by atoms with Gasteiger partial charge in [0.25, 0.3) is 0 Å². The highest BCUT2D eigenvalue weighted by Gasteiger charge is 2.30. The molecule has 1 N–H and O–H groups in total. The average molecular weight is 248 g/mol. The van der Waals surface area contributed by atoms with Crippen LogP contribution in [0.2, 0.25) is 0 Å². The molecule has 0 spiro atoms. The van der Waals surface area contributed by atoms with Crippen molar-refractivity contribution in [2.45, 2.75) is 38.8 Å². The van der Waals surface area contributed by atoms with Gasteiger partial charge in [0.15, 0.2) is 0 Å². The molecule has 1 amide bonds. The fourth-order valence-electron chi connectivity index (χ4n) is 2.36.